The van der Waals surface area contributed by atoms with Crippen LogP contribution in [0.2, 0.25) is 5.02 Å². The topological polar surface area (TPSA) is 64.4 Å². The SMILES string of the molecule is CCc1cc(NCCOCc2ccc(F)cc2)c([N+](=O)[O-])cc1Cl. The molecule has 0 unspecified atom stereocenters. The number of nitrogens with zero attached hydrogens (tertiary/aromatic N) is 1. The molecule has 5 nitrogen and oxygen atoms in total. The standard InChI is InChI=1S/C17H18ClFN2O3/c1-2-13-9-16(17(21(22)23)10-15(13)18)20-7-8-24-11-12-3-5-14(19)6-4-12/h3-6,9-10,20H,2,7-8,11H2,1H3. The number of hydrogen-bond acceptors (Lipinski definition) is 4. The lowest BCUT2D eigenvalue weighted by Gasteiger charge is -2.10. The maximum atomic E-state index is 12.8. The highest BCUT2D eigenvalue weighted by molar-refractivity contribution is 6.31. The molecule has 0 aromatic heterocycles. The van der Waals surface area contributed by atoms with Crippen molar-refractivity contribution in [2.45, 2.75) is 20.0 Å². The lowest BCUT2D eigenvalue weighted by molar-refractivity contribution is -0.384. The predicted octanol–water partition coefficient (Wildman–Crippen LogP) is 4.58. The number of hydrogen-bond donors (Lipinski definition) is 1. The maximum Gasteiger partial charge on any atom is 0.293 e. The zero-order valence-electron chi connectivity index (χ0n) is 13.2. The fraction of sp³-hybridized carbons (Fsp3) is 0.294. The Hall–Kier alpha value is -2.18. The number of nitro groups is 1. The van der Waals surface area contributed by atoms with E-state index in [0.29, 0.717) is 36.9 Å². The van der Waals surface area contributed by atoms with Gasteiger partial charge < -0.3 is 10.1 Å². The molecule has 0 spiro atoms. The molecule has 0 bridgehead atoms. The molecule has 0 radical (unpaired) electrons. The minimum Gasteiger partial charge on any atom is -0.377 e. The van der Waals surface area contributed by atoms with Crippen molar-refractivity contribution in [3.8, 4) is 0 Å². The van der Waals surface area contributed by atoms with Crippen LogP contribution in [0.5, 0.6) is 0 Å². The van der Waals surface area contributed by atoms with Gasteiger partial charge in [-0.3, -0.25) is 10.1 Å². The molecule has 0 saturated heterocycles. The summed E-state index contributed by atoms with van der Waals surface area (Å²) in [4.78, 5) is 10.7. The third kappa shape index (κ3) is 4.91. The minimum atomic E-state index is -0.465. The van der Waals surface area contributed by atoms with E-state index in [4.69, 9.17) is 16.3 Å². The summed E-state index contributed by atoms with van der Waals surface area (Å²) >= 11 is 6.02. The Morgan fingerprint density at radius 3 is 2.62 bits per heavy atom. The summed E-state index contributed by atoms with van der Waals surface area (Å²) in [5, 5.41) is 14.5. The Labute approximate surface area is 144 Å². The second-order valence-electron chi connectivity index (χ2n) is 5.18. The number of nitrogens with one attached hydrogen (secondary N) is 1. The summed E-state index contributed by atoms with van der Waals surface area (Å²) in [5.74, 6) is -0.290. The van der Waals surface area contributed by atoms with Crippen LogP contribution < -0.4 is 5.32 Å². The minimum absolute atomic E-state index is 0.0595. The Bertz CT molecular complexity index is 708. The summed E-state index contributed by atoms with van der Waals surface area (Å²) in [6, 6.07) is 9.11. The van der Waals surface area contributed by atoms with Gasteiger partial charge >= 0.3 is 0 Å². The van der Waals surface area contributed by atoms with Crippen molar-refractivity contribution in [1.29, 1.82) is 0 Å². The number of benzene rings is 2. The Morgan fingerprint density at radius 1 is 1.29 bits per heavy atom. The van der Waals surface area contributed by atoms with Gasteiger partial charge in [-0.25, -0.2) is 4.39 Å². The van der Waals surface area contributed by atoms with E-state index in [1.54, 1.807) is 18.2 Å². The van der Waals surface area contributed by atoms with Crippen LogP contribution >= 0.6 is 11.6 Å². The van der Waals surface area contributed by atoms with Gasteiger partial charge in [0.25, 0.3) is 5.69 Å². The molecule has 2 aromatic rings. The van der Waals surface area contributed by atoms with Crippen LogP contribution in [-0.2, 0) is 17.8 Å². The summed E-state index contributed by atoms with van der Waals surface area (Å²) in [5.41, 5.74) is 2.07. The molecule has 0 saturated carbocycles. The average molecular weight is 353 g/mol. The highest BCUT2D eigenvalue weighted by atomic mass is 35.5. The molecular weight excluding hydrogens is 335 g/mol. The first kappa shape index (κ1) is 18.2. The van der Waals surface area contributed by atoms with E-state index in [1.165, 1.54) is 18.2 Å². The van der Waals surface area contributed by atoms with Crippen LogP contribution in [0, 0.1) is 15.9 Å². The van der Waals surface area contributed by atoms with Crippen LogP contribution in [0.15, 0.2) is 36.4 Å². The molecule has 24 heavy (non-hydrogen) atoms. The molecule has 128 valence electrons. The molecule has 7 heteroatoms. The molecule has 1 N–H and O–H groups in total. The quantitative estimate of drug-likeness (QED) is 0.429. The number of ether oxygens (including phenoxy) is 1. The van der Waals surface area contributed by atoms with Gasteiger partial charge in [-0.2, -0.15) is 0 Å². The van der Waals surface area contributed by atoms with Crippen LogP contribution in [0.25, 0.3) is 0 Å². The van der Waals surface area contributed by atoms with Crippen molar-refractivity contribution in [3.05, 3.63) is 68.5 Å². The van der Waals surface area contributed by atoms with Crippen molar-refractivity contribution in [1.82, 2.24) is 0 Å². The second kappa shape index (κ2) is 8.61. The smallest absolute Gasteiger partial charge is 0.293 e. The second-order valence-corrected chi connectivity index (χ2v) is 5.58. The van der Waals surface area contributed by atoms with E-state index >= 15 is 0 Å². The predicted molar refractivity (Wildman–Crippen MR) is 92.0 cm³/mol. The highest BCUT2D eigenvalue weighted by Crippen LogP contribution is 2.31. The molecule has 2 aromatic carbocycles. The van der Waals surface area contributed by atoms with Crippen molar-refractivity contribution in [3.63, 3.8) is 0 Å². The van der Waals surface area contributed by atoms with Crippen molar-refractivity contribution in [2.24, 2.45) is 0 Å². The van der Waals surface area contributed by atoms with Crippen molar-refractivity contribution < 1.29 is 14.1 Å². The highest BCUT2D eigenvalue weighted by Gasteiger charge is 2.16. The number of rotatable bonds is 8. The fourth-order valence-corrected chi connectivity index (χ4v) is 2.49. The molecule has 0 amide bonds. The number of aryl methyl sites for hydroxylation is 1. The summed E-state index contributed by atoms with van der Waals surface area (Å²) in [7, 11) is 0. The molecule has 2 rings (SSSR count). The largest absolute Gasteiger partial charge is 0.377 e. The first-order valence-corrected chi connectivity index (χ1v) is 7.92. The lowest BCUT2D eigenvalue weighted by atomic mass is 10.1. The van der Waals surface area contributed by atoms with Crippen LogP contribution in [0.1, 0.15) is 18.1 Å². The third-order valence-corrected chi connectivity index (χ3v) is 3.84. The molecular formula is C17H18ClFN2O3. The van der Waals surface area contributed by atoms with Gasteiger partial charge in [-0.05, 0) is 35.7 Å². The number of anilines is 1. The van der Waals surface area contributed by atoms with Gasteiger partial charge in [-0.15, -0.1) is 0 Å². The summed E-state index contributed by atoms with van der Waals surface area (Å²) in [6.45, 7) is 3.05. The Kier molecular flexibility index (Phi) is 6.52. The summed E-state index contributed by atoms with van der Waals surface area (Å²) < 4.78 is 18.3. The van der Waals surface area contributed by atoms with Gasteiger partial charge in [0.1, 0.15) is 11.5 Å². The Balaban J connectivity index is 1.89. The summed E-state index contributed by atoms with van der Waals surface area (Å²) in [6.07, 6.45) is 0.687. The van der Waals surface area contributed by atoms with Crippen LogP contribution in [0.4, 0.5) is 15.8 Å². The maximum absolute atomic E-state index is 12.8. The first-order valence-electron chi connectivity index (χ1n) is 7.54. The molecule has 0 heterocycles. The number of halogens is 2. The van der Waals surface area contributed by atoms with Crippen LogP contribution in [0.3, 0.4) is 0 Å². The van der Waals surface area contributed by atoms with Crippen molar-refractivity contribution in [2.75, 3.05) is 18.5 Å². The van der Waals surface area contributed by atoms with Gasteiger partial charge in [0.2, 0.25) is 0 Å². The Morgan fingerprint density at radius 2 is 2.00 bits per heavy atom. The molecule has 0 aliphatic heterocycles. The monoisotopic (exact) mass is 352 g/mol. The van der Waals surface area contributed by atoms with E-state index < -0.39 is 4.92 Å². The van der Waals surface area contributed by atoms with E-state index in [0.717, 1.165) is 11.1 Å². The van der Waals surface area contributed by atoms with E-state index in [1.807, 2.05) is 6.92 Å². The lowest BCUT2D eigenvalue weighted by Crippen LogP contribution is -2.11. The van der Waals surface area contributed by atoms with Gasteiger partial charge in [0.15, 0.2) is 0 Å². The van der Waals surface area contributed by atoms with Gasteiger partial charge in [0.05, 0.1) is 23.2 Å². The fourth-order valence-electron chi connectivity index (χ4n) is 2.20. The number of nitro benzene ring substituents is 1. The van der Waals surface area contributed by atoms with E-state index in [2.05, 4.69) is 5.32 Å². The first-order chi connectivity index (χ1) is 11.5. The van der Waals surface area contributed by atoms with E-state index in [9.17, 15) is 14.5 Å². The van der Waals surface area contributed by atoms with Gasteiger partial charge in [-0.1, -0.05) is 30.7 Å². The molecule has 0 aliphatic carbocycles. The third-order valence-electron chi connectivity index (χ3n) is 3.49. The molecule has 0 aliphatic rings. The van der Waals surface area contributed by atoms with Gasteiger partial charge in [0, 0.05) is 12.6 Å². The average Bonchev–Trinajstić information content (AvgIpc) is 2.56. The van der Waals surface area contributed by atoms with E-state index in [-0.39, 0.29) is 11.5 Å². The zero-order valence-corrected chi connectivity index (χ0v) is 14.0. The molecule has 0 atom stereocenters. The zero-order chi connectivity index (χ0) is 17.5. The van der Waals surface area contributed by atoms with Crippen molar-refractivity contribution >= 4 is 23.0 Å². The van der Waals surface area contributed by atoms with Crippen LogP contribution in [-0.4, -0.2) is 18.1 Å². The molecule has 0 fully saturated rings. The normalized spacial score (nSPS) is 10.6.